The van der Waals surface area contributed by atoms with Gasteiger partial charge in [-0.3, -0.25) is 9.78 Å². The Labute approximate surface area is 174 Å². The SMILES string of the molecule is COc1ccc(C(CO)NC(=O)c2ccc(-c3ccncc3)cc2OC)cc1Cl. The quantitative estimate of drug-likeness (QED) is 0.615. The number of nitrogens with one attached hydrogen (secondary N) is 1. The molecule has 0 aliphatic rings. The average molecular weight is 413 g/mol. The lowest BCUT2D eigenvalue weighted by molar-refractivity contribution is 0.0913. The van der Waals surface area contributed by atoms with Crippen LogP contribution in [0, 0.1) is 0 Å². The van der Waals surface area contributed by atoms with Crippen LogP contribution in [-0.2, 0) is 0 Å². The second kappa shape index (κ2) is 9.41. The van der Waals surface area contributed by atoms with Gasteiger partial charge in [0.2, 0.25) is 0 Å². The summed E-state index contributed by atoms with van der Waals surface area (Å²) < 4.78 is 10.6. The van der Waals surface area contributed by atoms with Gasteiger partial charge < -0.3 is 19.9 Å². The second-order valence-electron chi connectivity index (χ2n) is 6.25. The topological polar surface area (TPSA) is 80.7 Å². The van der Waals surface area contributed by atoms with Crippen LogP contribution in [0.4, 0.5) is 0 Å². The Kier molecular flexibility index (Phi) is 6.69. The minimum atomic E-state index is -0.629. The van der Waals surface area contributed by atoms with Crippen molar-refractivity contribution >= 4 is 17.5 Å². The van der Waals surface area contributed by atoms with Crippen molar-refractivity contribution in [3.63, 3.8) is 0 Å². The first-order valence-corrected chi connectivity index (χ1v) is 9.28. The van der Waals surface area contributed by atoms with Gasteiger partial charge in [0.1, 0.15) is 11.5 Å². The van der Waals surface area contributed by atoms with E-state index in [1.165, 1.54) is 14.2 Å². The van der Waals surface area contributed by atoms with Crippen LogP contribution in [0.25, 0.3) is 11.1 Å². The first-order valence-electron chi connectivity index (χ1n) is 8.91. The number of ether oxygens (including phenoxy) is 2. The Hall–Kier alpha value is -3.09. The van der Waals surface area contributed by atoms with Crippen LogP contribution in [0.2, 0.25) is 5.02 Å². The van der Waals surface area contributed by atoms with Crippen molar-refractivity contribution in [3.05, 3.63) is 77.1 Å². The zero-order valence-corrected chi connectivity index (χ0v) is 16.8. The molecule has 2 N–H and O–H groups in total. The first-order chi connectivity index (χ1) is 14.1. The molecule has 29 heavy (non-hydrogen) atoms. The summed E-state index contributed by atoms with van der Waals surface area (Å²) in [6, 6.07) is 13.5. The molecule has 1 atom stereocenters. The number of aliphatic hydroxyl groups excluding tert-OH is 1. The van der Waals surface area contributed by atoms with E-state index in [1.807, 2.05) is 18.2 Å². The standard InChI is InChI=1S/C22H21ClN2O4/c1-28-20-6-4-16(11-18(20)23)19(13-26)25-22(27)17-5-3-15(12-21(17)29-2)14-7-9-24-10-8-14/h3-12,19,26H,13H2,1-2H3,(H,25,27). The van der Waals surface area contributed by atoms with Gasteiger partial charge in [0.05, 0.1) is 37.5 Å². The van der Waals surface area contributed by atoms with Gasteiger partial charge in [-0.15, -0.1) is 0 Å². The highest BCUT2D eigenvalue weighted by Crippen LogP contribution is 2.29. The fourth-order valence-electron chi connectivity index (χ4n) is 2.97. The van der Waals surface area contributed by atoms with Crippen molar-refractivity contribution in [1.29, 1.82) is 0 Å². The van der Waals surface area contributed by atoms with Crippen molar-refractivity contribution < 1.29 is 19.4 Å². The Bertz CT molecular complexity index is 995. The third-order valence-electron chi connectivity index (χ3n) is 4.53. The molecule has 0 fully saturated rings. The molecule has 3 rings (SSSR count). The molecule has 6 nitrogen and oxygen atoms in total. The maximum Gasteiger partial charge on any atom is 0.255 e. The Balaban J connectivity index is 1.84. The first kappa shape index (κ1) is 20.6. The molecule has 150 valence electrons. The van der Waals surface area contributed by atoms with Gasteiger partial charge in [-0.2, -0.15) is 0 Å². The van der Waals surface area contributed by atoms with Gasteiger partial charge in [0.15, 0.2) is 0 Å². The number of halogens is 1. The molecule has 1 aromatic heterocycles. The zero-order chi connectivity index (χ0) is 20.8. The summed E-state index contributed by atoms with van der Waals surface area (Å²) in [7, 11) is 3.03. The van der Waals surface area contributed by atoms with E-state index in [0.29, 0.717) is 27.6 Å². The third-order valence-corrected chi connectivity index (χ3v) is 4.82. The van der Waals surface area contributed by atoms with E-state index in [2.05, 4.69) is 10.3 Å². The number of aromatic nitrogens is 1. The van der Waals surface area contributed by atoms with Gasteiger partial charge in [-0.05, 0) is 53.1 Å². The normalized spacial score (nSPS) is 11.6. The molecule has 1 amide bonds. The average Bonchev–Trinajstić information content (AvgIpc) is 2.77. The number of methoxy groups -OCH3 is 2. The fraction of sp³-hybridized carbons (Fsp3) is 0.182. The number of carbonyl (C=O) groups is 1. The predicted molar refractivity (Wildman–Crippen MR) is 112 cm³/mol. The van der Waals surface area contributed by atoms with Crippen molar-refractivity contribution in [2.75, 3.05) is 20.8 Å². The molecule has 7 heteroatoms. The Morgan fingerprint density at radius 1 is 1.03 bits per heavy atom. The molecule has 3 aromatic rings. The number of rotatable bonds is 7. The van der Waals surface area contributed by atoms with Crippen LogP contribution < -0.4 is 14.8 Å². The molecule has 2 aromatic carbocycles. The van der Waals surface area contributed by atoms with Crippen molar-refractivity contribution in [1.82, 2.24) is 10.3 Å². The lowest BCUT2D eigenvalue weighted by Crippen LogP contribution is -2.31. The number of benzene rings is 2. The smallest absolute Gasteiger partial charge is 0.255 e. The molecule has 1 heterocycles. The molecule has 0 radical (unpaired) electrons. The Morgan fingerprint density at radius 3 is 2.38 bits per heavy atom. The lowest BCUT2D eigenvalue weighted by atomic mass is 10.0. The highest BCUT2D eigenvalue weighted by Gasteiger charge is 2.19. The van der Waals surface area contributed by atoms with E-state index in [1.54, 1.807) is 42.7 Å². The highest BCUT2D eigenvalue weighted by molar-refractivity contribution is 6.32. The third kappa shape index (κ3) is 4.67. The summed E-state index contributed by atoms with van der Waals surface area (Å²) in [5.74, 6) is 0.585. The van der Waals surface area contributed by atoms with E-state index < -0.39 is 6.04 Å². The van der Waals surface area contributed by atoms with Crippen molar-refractivity contribution in [3.8, 4) is 22.6 Å². The van der Waals surface area contributed by atoms with E-state index in [9.17, 15) is 9.90 Å². The summed E-state index contributed by atoms with van der Waals surface area (Å²) in [6.45, 7) is -0.286. The lowest BCUT2D eigenvalue weighted by Gasteiger charge is -2.19. The number of amides is 1. The predicted octanol–water partition coefficient (Wildman–Crippen LogP) is 3.88. The van der Waals surface area contributed by atoms with Gasteiger partial charge in [0, 0.05) is 12.4 Å². The van der Waals surface area contributed by atoms with Gasteiger partial charge in [-0.1, -0.05) is 23.7 Å². The number of hydrogen-bond acceptors (Lipinski definition) is 5. The molecule has 1 unspecified atom stereocenters. The van der Waals surface area contributed by atoms with Crippen LogP contribution in [0.15, 0.2) is 60.9 Å². The molecule has 0 saturated heterocycles. The molecule has 0 aliphatic heterocycles. The number of nitrogens with zero attached hydrogens (tertiary/aromatic N) is 1. The molecular weight excluding hydrogens is 392 g/mol. The Morgan fingerprint density at radius 2 is 1.76 bits per heavy atom. The molecule has 0 spiro atoms. The maximum absolute atomic E-state index is 12.9. The van der Waals surface area contributed by atoms with E-state index in [-0.39, 0.29) is 12.5 Å². The fourth-order valence-corrected chi connectivity index (χ4v) is 3.24. The maximum atomic E-state index is 12.9. The monoisotopic (exact) mass is 412 g/mol. The largest absolute Gasteiger partial charge is 0.496 e. The van der Waals surface area contributed by atoms with Crippen LogP contribution in [0.5, 0.6) is 11.5 Å². The molecule has 0 saturated carbocycles. The zero-order valence-electron chi connectivity index (χ0n) is 16.1. The van der Waals surface area contributed by atoms with Crippen LogP contribution in [0.1, 0.15) is 22.0 Å². The van der Waals surface area contributed by atoms with Crippen molar-refractivity contribution in [2.45, 2.75) is 6.04 Å². The second-order valence-corrected chi connectivity index (χ2v) is 6.66. The molecule has 0 aliphatic carbocycles. The van der Waals surface area contributed by atoms with Crippen LogP contribution >= 0.6 is 11.6 Å². The van der Waals surface area contributed by atoms with Gasteiger partial charge in [0.25, 0.3) is 5.91 Å². The van der Waals surface area contributed by atoms with E-state index in [0.717, 1.165) is 11.1 Å². The van der Waals surface area contributed by atoms with Crippen LogP contribution in [-0.4, -0.2) is 36.8 Å². The summed E-state index contributed by atoms with van der Waals surface area (Å²) in [5.41, 5.74) is 2.90. The summed E-state index contributed by atoms with van der Waals surface area (Å²) in [6.07, 6.45) is 3.41. The van der Waals surface area contributed by atoms with Gasteiger partial charge >= 0.3 is 0 Å². The highest BCUT2D eigenvalue weighted by atomic mass is 35.5. The van der Waals surface area contributed by atoms with E-state index in [4.69, 9.17) is 21.1 Å². The molecular formula is C22H21ClN2O4. The van der Waals surface area contributed by atoms with Crippen LogP contribution in [0.3, 0.4) is 0 Å². The number of pyridine rings is 1. The number of hydrogen-bond donors (Lipinski definition) is 2. The van der Waals surface area contributed by atoms with Crippen molar-refractivity contribution in [2.24, 2.45) is 0 Å². The summed E-state index contributed by atoms with van der Waals surface area (Å²) >= 11 is 6.16. The van der Waals surface area contributed by atoms with Gasteiger partial charge in [-0.25, -0.2) is 0 Å². The summed E-state index contributed by atoms with van der Waals surface area (Å²) in [5, 5.41) is 13.0. The van der Waals surface area contributed by atoms with E-state index >= 15 is 0 Å². The minimum Gasteiger partial charge on any atom is -0.496 e. The molecule has 0 bridgehead atoms. The number of aliphatic hydroxyl groups is 1. The summed E-state index contributed by atoms with van der Waals surface area (Å²) in [4.78, 5) is 16.9. The minimum absolute atomic E-state index is 0.286. The number of carbonyl (C=O) groups excluding carboxylic acids is 1.